The van der Waals surface area contributed by atoms with Gasteiger partial charge in [-0.25, -0.2) is 9.90 Å². The first kappa shape index (κ1) is 12.8. The van der Waals surface area contributed by atoms with Gasteiger partial charge in [-0.15, -0.1) is 11.3 Å². The third kappa shape index (κ3) is 2.60. The molecular formula is C14H13O3S. The van der Waals surface area contributed by atoms with Crippen LogP contribution in [0, 0.1) is 0 Å². The summed E-state index contributed by atoms with van der Waals surface area (Å²) < 4.78 is 0. The zero-order chi connectivity index (χ0) is 13.0. The third-order valence-electron chi connectivity index (χ3n) is 2.88. The fourth-order valence-electron chi connectivity index (χ4n) is 1.81. The van der Waals surface area contributed by atoms with Crippen molar-refractivity contribution in [2.45, 2.75) is 18.4 Å². The number of hydrogen-bond donors (Lipinski definition) is 1. The third-order valence-corrected chi connectivity index (χ3v) is 3.91. The second kappa shape index (κ2) is 5.33. The highest BCUT2D eigenvalue weighted by Crippen LogP contribution is 2.30. The number of carbonyl (C=O) groups is 1. The second-order valence-corrected chi connectivity index (χ2v) is 5.06. The van der Waals surface area contributed by atoms with E-state index < -0.39 is 11.6 Å². The second-order valence-electron chi connectivity index (χ2n) is 4.11. The van der Waals surface area contributed by atoms with Crippen LogP contribution in [0.5, 0.6) is 0 Å². The first-order valence-electron chi connectivity index (χ1n) is 5.64. The molecule has 0 amide bonds. The van der Waals surface area contributed by atoms with E-state index >= 15 is 0 Å². The number of aryl methyl sites for hydroxylation is 1. The number of aliphatic hydroxyl groups is 1. The summed E-state index contributed by atoms with van der Waals surface area (Å²) >= 11 is 1.22. The number of thiophene rings is 1. The SMILES string of the molecule is [O]C(=O)C(O)(CCc1ccccc1)c1cccs1. The Labute approximate surface area is 109 Å². The lowest BCUT2D eigenvalue weighted by atomic mass is 9.93. The largest absolute Gasteiger partial charge is 0.392 e. The van der Waals surface area contributed by atoms with Crippen molar-refractivity contribution in [3.63, 3.8) is 0 Å². The molecule has 1 aromatic carbocycles. The van der Waals surface area contributed by atoms with Crippen molar-refractivity contribution < 1.29 is 15.0 Å². The molecule has 0 aliphatic carbocycles. The monoisotopic (exact) mass is 261 g/mol. The minimum Gasteiger partial charge on any atom is -0.373 e. The van der Waals surface area contributed by atoms with Crippen molar-refractivity contribution in [3.8, 4) is 0 Å². The molecule has 2 aromatic rings. The van der Waals surface area contributed by atoms with Crippen LogP contribution in [0.4, 0.5) is 0 Å². The van der Waals surface area contributed by atoms with Crippen LogP contribution in [0.25, 0.3) is 0 Å². The van der Waals surface area contributed by atoms with Crippen LogP contribution in [0.3, 0.4) is 0 Å². The highest BCUT2D eigenvalue weighted by atomic mass is 32.1. The summed E-state index contributed by atoms with van der Waals surface area (Å²) in [4.78, 5) is 11.6. The quantitative estimate of drug-likeness (QED) is 0.899. The van der Waals surface area contributed by atoms with E-state index in [9.17, 15) is 15.0 Å². The van der Waals surface area contributed by atoms with E-state index in [-0.39, 0.29) is 6.42 Å². The van der Waals surface area contributed by atoms with Crippen LogP contribution in [0.15, 0.2) is 47.8 Å². The van der Waals surface area contributed by atoms with Gasteiger partial charge in [0.15, 0.2) is 0 Å². The fourth-order valence-corrected chi connectivity index (χ4v) is 2.65. The first-order valence-corrected chi connectivity index (χ1v) is 6.52. The van der Waals surface area contributed by atoms with Gasteiger partial charge in [-0.1, -0.05) is 36.4 Å². The van der Waals surface area contributed by atoms with Crippen molar-refractivity contribution in [3.05, 3.63) is 58.3 Å². The molecule has 1 unspecified atom stereocenters. The Hall–Kier alpha value is -1.65. The predicted molar refractivity (Wildman–Crippen MR) is 68.7 cm³/mol. The molecule has 3 nitrogen and oxygen atoms in total. The maximum absolute atomic E-state index is 11.2. The van der Waals surface area contributed by atoms with E-state index in [2.05, 4.69) is 0 Å². The normalized spacial score (nSPS) is 14.1. The molecule has 1 N–H and O–H groups in total. The summed E-state index contributed by atoms with van der Waals surface area (Å²) in [6.07, 6.45) is 0.600. The van der Waals surface area contributed by atoms with Gasteiger partial charge < -0.3 is 5.11 Å². The number of rotatable bonds is 5. The van der Waals surface area contributed by atoms with Gasteiger partial charge in [0.05, 0.1) is 0 Å². The van der Waals surface area contributed by atoms with E-state index in [4.69, 9.17) is 0 Å². The van der Waals surface area contributed by atoms with Crippen molar-refractivity contribution >= 4 is 17.3 Å². The van der Waals surface area contributed by atoms with E-state index in [1.807, 2.05) is 30.3 Å². The highest BCUT2D eigenvalue weighted by Gasteiger charge is 2.40. The summed E-state index contributed by atoms with van der Waals surface area (Å²) in [6, 6.07) is 12.8. The standard InChI is InChI=1S/C14H13O3S/c15-13(16)14(17,12-7-4-10-18-12)9-8-11-5-2-1-3-6-11/h1-7,10,17H,8-9H2. The fraction of sp³-hybridized carbons (Fsp3) is 0.214. The van der Waals surface area contributed by atoms with E-state index in [0.717, 1.165) is 5.56 Å². The number of hydrogen-bond acceptors (Lipinski definition) is 3. The molecule has 18 heavy (non-hydrogen) atoms. The van der Waals surface area contributed by atoms with Crippen LogP contribution >= 0.6 is 11.3 Å². The lowest BCUT2D eigenvalue weighted by molar-refractivity contribution is -0.167. The van der Waals surface area contributed by atoms with Crippen molar-refractivity contribution in [1.29, 1.82) is 0 Å². The van der Waals surface area contributed by atoms with Gasteiger partial charge in [0.25, 0.3) is 0 Å². The molecule has 0 bridgehead atoms. The number of benzene rings is 1. The number of carbonyl (C=O) groups excluding carboxylic acids is 1. The van der Waals surface area contributed by atoms with Gasteiger partial charge in [0.2, 0.25) is 5.60 Å². The summed E-state index contributed by atoms with van der Waals surface area (Å²) in [6.45, 7) is 0. The van der Waals surface area contributed by atoms with Crippen LogP contribution in [0.2, 0.25) is 0 Å². The average molecular weight is 261 g/mol. The van der Waals surface area contributed by atoms with Gasteiger partial charge in [-0.2, -0.15) is 0 Å². The maximum Gasteiger partial charge on any atom is 0.392 e. The van der Waals surface area contributed by atoms with Crippen molar-refractivity contribution in [2.24, 2.45) is 0 Å². The Morgan fingerprint density at radius 1 is 1.17 bits per heavy atom. The van der Waals surface area contributed by atoms with Gasteiger partial charge in [0.1, 0.15) is 0 Å². The van der Waals surface area contributed by atoms with Crippen LogP contribution in [0.1, 0.15) is 16.9 Å². The minimum atomic E-state index is -1.90. The average Bonchev–Trinajstić information content (AvgIpc) is 2.91. The Bertz CT molecular complexity index is 507. The van der Waals surface area contributed by atoms with E-state index in [1.54, 1.807) is 17.5 Å². The summed E-state index contributed by atoms with van der Waals surface area (Å²) in [5, 5.41) is 23.2. The Morgan fingerprint density at radius 2 is 1.89 bits per heavy atom. The molecule has 0 saturated heterocycles. The summed E-state index contributed by atoms with van der Waals surface area (Å²) in [7, 11) is 0. The molecule has 0 fully saturated rings. The lowest BCUT2D eigenvalue weighted by Crippen LogP contribution is -2.34. The Kier molecular flexibility index (Phi) is 3.79. The molecular weight excluding hydrogens is 248 g/mol. The highest BCUT2D eigenvalue weighted by molar-refractivity contribution is 7.10. The molecule has 93 valence electrons. The van der Waals surface area contributed by atoms with E-state index in [1.165, 1.54) is 11.3 Å². The molecule has 4 heteroatoms. The summed E-state index contributed by atoms with van der Waals surface area (Å²) in [5.41, 5.74) is -0.905. The minimum absolute atomic E-state index is 0.111. The van der Waals surface area contributed by atoms with Gasteiger partial charge in [-0.05, 0) is 29.9 Å². The van der Waals surface area contributed by atoms with Crippen molar-refractivity contribution in [1.82, 2.24) is 0 Å². The van der Waals surface area contributed by atoms with Gasteiger partial charge in [0, 0.05) is 4.88 Å². The van der Waals surface area contributed by atoms with Gasteiger partial charge >= 0.3 is 5.97 Å². The molecule has 2 rings (SSSR count). The lowest BCUT2D eigenvalue weighted by Gasteiger charge is -2.20. The summed E-state index contributed by atoms with van der Waals surface area (Å²) in [5.74, 6) is -1.44. The van der Waals surface area contributed by atoms with Gasteiger partial charge in [-0.3, -0.25) is 0 Å². The molecule has 0 aliphatic rings. The van der Waals surface area contributed by atoms with Crippen LogP contribution in [-0.2, 0) is 21.9 Å². The molecule has 1 aromatic heterocycles. The van der Waals surface area contributed by atoms with Crippen LogP contribution in [-0.4, -0.2) is 11.1 Å². The van der Waals surface area contributed by atoms with Crippen molar-refractivity contribution in [2.75, 3.05) is 0 Å². The molecule has 1 atom stereocenters. The predicted octanol–water partition coefficient (Wildman–Crippen LogP) is 2.53. The zero-order valence-corrected chi connectivity index (χ0v) is 10.5. The Balaban J connectivity index is 2.15. The van der Waals surface area contributed by atoms with Crippen LogP contribution < -0.4 is 0 Å². The molecule has 1 heterocycles. The van der Waals surface area contributed by atoms with E-state index in [0.29, 0.717) is 11.3 Å². The zero-order valence-electron chi connectivity index (χ0n) is 9.70. The molecule has 0 saturated carbocycles. The Morgan fingerprint density at radius 3 is 2.44 bits per heavy atom. The smallest absolute Gasteiger partial charge is 0.373 e. The molecule has 0 aliphatic heterocycles. The maximum atomic E-state index is 11.2. The first-order chi connectivity index (χ1) is 8.63. The molecule has 0 spiro atoms. The molecule has 1 radical (unpaired) electrons. The topological polar surface area (TPSA) is 57.2 Å².